The number of halogens is 1. The highest BCUT2D eigenvalue weighted by Crippen LogP contribution is 2.11. The van der Waals surface area contributed by atoms with Gasteiger partial charge in [0.25, 0.3) is 0 Å². The fraction of sp³-hybridized carbons (Fsp3) is 0.273. The SMILES string of the molecule is OCCC=Cc1cc(F)cc(CO)c1. The molecule has 1 aromatic carbocycles. The molecule has 0 aliphatic heterocycles. The van der Waals surface area contributed by atoms with Crippen molar-refractivity contribution in [2.75, 3.05) is 6.61 Å². The largest absolute Gasteiger partial charge is 0.396 e. The number of aliphatic hydroxyl groups is 2. The molecule has 0 atom stereocenters. The minimum Gasteiger partial charge on any atom is -0.396 e. The summed E-state index contributed by atoms with van der Waals surface area (Å²) in [6.45, 7) is -0.0860. The lowest BCUT2D eigenvalue weighted by atomic mass is 10.1. The third-order valence-electron chi connectivity index (χ3n) is 1.77. The maximum atomic E-state index is 12.9. The van der Waals surface area contributed by atoms with Crippen LogP contribution in [0.1, 0.15) is 17.5 Å². The van der Waals surface area contributed by atoms with Crippen LogP contribution >= 0.6 is 0 Å². The van der Waals surface area contributed by atoms with Crippen LogP contribution in [0.4, 0.5) is 4.39 Å². The van der Waals surface area contributed by atoms with Gasteiger partial charge >= 0.3 is 0 Å². The second kappa shape index (κ2) is 5.52. The zero-order valence-corrected chi connectivity index (χ0v) is 7.78. The monoisotopic (exact) mass is 196 g/mol. The van der Waals surface area contributed by atoms with E-state index in [9.17, 15) is 4.39 Å². The molecule has 0 amide bonds. The molecule has 0 unspecified atom stereocenters. The Morgan fingerprint density at radius 3 is 2.64 bits per heavy atom. The summed E-state index contributed by atoms with van der Waals surface area (Å²) in [4.78, 5) is 0. The smallest absolute Gasteiger partial charge is 0.124 e. The van der Waals surface area contributed by atoms with Crippen molar-refractivity contribution in [3.8, 4) is 0 Å². The van der Waals surface area contributed by atoms with Crippen LogP contribution in [0.25, 0.3) is 6.08 Å². The van der Waals surface area contributed by atoms with Gasteiger partial charge < -0.3 is 10.2 Å². The van der Waals surface area contributed by atoms with Crippen LogP contribution in [-0.4, -0.2) is 16.8 Å². The molecule has 3 heteroatoms. The average Bonchev–Trinajstić information content (AvgIpc) is 2.17. The Morgan fingerprint density at radius 1 is 1.21 bits per heavy atom. The average molecular weight is 196 g/mol. The van der Waals surface area contributed by atoms with Crippen molar-refractivity contribution >= 4 is 6.08 Å². The number of aliphatic hydroxyl groups excluding tert-OH is 2. The molecule has 0 fully saturated rings. The summed E-state index contributed by atoms with van der Waals surface area (Å²) in [5, 5.41) is 17.4. The van der Waals surface area contributed by atoms with Gasteiger partial charge in [-0.1, -0.05) is 12.2 Å². The summed E-state index contributed by atoms with van der Waals surface area (Å²) in [6, 6.07) is 4.38. The Kier molecular flexibility index (Phi) is 4.29. The van der Waals surface area contributed by atoms with Crippen LogP contribution < -0.4 is 0 Å². The molecule has 0 bridgehead atoms. The van der Waals surface area contributed by atoms with Crippen molar-refractivity contribution in [3.63, 3.8) is 0 Å². The zero-order chi connectivity index (χ0) is 10.4. The van der Waals surface area contributed by atoms with E-state index in [-0.39, 0.29) is 19.0 Å². The van der Waals surface area contributed by atoms with E-state index in [0.717, 1.165) is 0 Å². The van der Waals surface area contributed by atoms with E-state index in [1.807, 2.05) is 0 Å². The van der Waals surface area contributed by atoms with Gasteiger partial charge in [-0.3, -0.25) is 0 Å². The molecule has 1 aromatic rings. The minimum atomic E-state index is -0.361. The van der Waals surface area contributed by atoms with Gasteiger partial charge in [-0.05, 0) is 35.7 Å². The third-order valence-corrected chi connectivity index (χ3v) is 1.77. The van der Waals surface area contributed by atoms with E-state index in [1.54, 1.807) is 18.2 Å². The molecule has 76 valence electrons. The summed E-state index contributed by atoms with van der Waals surface area (Å²) in [5.41, 5.74) is 1.25. The van der Waals surface area contributed by atoms with E-state index in [2.05, 4.69) is 0 Å². The highest BCUT2D eigenvalue weighted by atomic mass is 19.1. The Bertz CT molecular complexity index is 321. The third kappa shape index (κ3) is 3.28. The van der Waals surface area contributed by atoms with Gasteiger partial charge in [0.15, 0.2) is 0 Å². The van der Waals surface area contributed by atoms with Crippen LogP contribution in [0.5, 0.6) is 0 Å². The fourth-order valence-corrected chi connectivity index (χ4v) is 1.16. The molecule has 0 saturated carbocycles. The molecule has 1 rings (SSSR count). The van der Waals surface area contributed by atoms with Crippen molar-refractivity contribution in [1.82, 2.24) is 0 Å². The Balaban J connectivity index is 2.81. The predicted octanol–water partition coefficient (Wildman–Crippen LogP) is 1.71. The molecule has 14 heavy (non-hydrogen) atoms. The van der Waals surface area contributed by atoms with Crippen LogP contribution in [0.15, 0.2) is 24.3 Å². The van der Waals surface area contributed by atoms with Gasteiger partial charge in [0, 0.05) is 6.61 Å². The molecule has 0 aromatic heterocycles. The first-order valence-corrected chi connectivity index (χ1v) is 4.44. The Morgan fingerprint density at radius 2 is 2.00 bits per heavy atom. The molecular formula is C11H13FO2. The Hall–Kier alpha value is -1.19. The van der Waals surface area contributed by atoms with Gasteiger partial charge in [0.2, 0.25) is 0 Å². The molecular weight excluding hydrogens is 183 g/mol. The Labute approximate surface area is 82.3 Å². The summed E-state index contributed by atoms with van der Waals surface area (Å²) in [7, 11) is 0. The van der Waals surface area contributed by atoms with Gasteiger partial charge in [-0.25, -0.2) is 4.39 Å². The highest BCUT2D eigenvalue weighted by molar-refractivity contribution is 5.50. The molecule has 0 spiro atoms. The molecule has 0 heterocycles. The summed E-state index contributed by atoms with van der Waals surface area (Å²) in [5.74, 6) is -0.361. The topological polar surface area (TPSA) is 40.5 Å². The number of benzene rings is 1. The van der Waals surface area contributed by atoms with Crippen LogP contribution in [-0.2, 0) is 6.61 Å². The van der Waals surface area contributed by atoms with Crippen molar-refractivity contribution in [3.05, 3.63) is 41.2 Å². The standard InChI is InChI=1S/C11H13FO2/c12-11-6-9(3-1-2-4-13)5-10(7-11)8-14/h1,3,5-7,13-14H,2,4,8H2. The van der Waals surface area contributed by atoms with Gasteiger partial charge in [0.05, 0.1) is 6.61 Å². The summed E-state index contributed by atoms with van der Waals surface area (Å²) in [6.07, 6.45) is 4.03. The van der Waals surface area contributed by atoms with Crippen molar-refractivity contribution in [1.29, 1.82) is 0 Å². The molecule has 0 aliphatic rings. The van der Waals surface area contributed by atoms with E-state index in [0.29, 0.717) is 17.5 Å². The maximum Gasteiger partial charge on any atom is 0.124 e. The first-order valence-electron chi connectivity index (χ1n) is 4.44. The van der Waals surface area contributed by atoms with Crippen molar-refractivity contribution in [2.24, 2.45) is 0 Å². The zero-order valence-electron chi connectivity index (χ0n) is 7.78. The second-order valence-corrected chi connectivity index (χ2v) is 2.97. The van der Waals surface area contributed by atoms with E-state index < -0.39 is 0 Å². The van der Waals surface area contributed by atoms with Gasteiger partial charge in [-0.2, -0.15) is 0 Å². The number of hydrogen-bond acceptors (Lipinski definition) is 2. The summed E-state index contributed by atoms with van der Waals surface area (Å²) >= 11 is 0. The summed E-state index contributed by atoms with van der Waals surface area (Å²) < 4.78 is 12.9. The lowest BCUT2D eigenvalue weighted by molar-refractivity contribution is 0.281. The van der Waals surface area contributed by atoms with E-state index >= 15 is 0 Å². The fourth-order valence-electron chi connectivity index (χ4n) is 1.16. The lowest BCUT2D eigenvalue weighted by Crippen LogP contribution is -1.87. The number of hydrogen-bond donors (Lipinski definition) is 2. The normalized spacial score (nSPS) is 11.1. The highest BCUT2D eigenvalue weighted by Gasteiger charge is 1.97. The van der Waals surface area contributed by atoms with Crippen molar-refractivity contribution in [2.45, 2.75) is 13.0 Å². The number of rotatable bonds is 4. The molecule has 0 radical (unpaired) electrons. The predicted molar refractivity (Wildman–Crippen MR) is 53.1 cm³/mol. The van der Waals surface area contributed by atoms with Crippen molar-refractivity contribution < 1.29 is 14.6 Å². The first kappa shape index (κ1) is 10.9. The molecule has 2 nitrogen and oxygen atoms in total. The minimum absolute atomic E-state index is 0.0820. The first-order chi connectivity index (χ1) is 6.76. The molecule has 0 aliphatic carbocycles. The van der Waals surface area contributed by atoms with E-state index in [1.165, 1.54) is 12.1 Å². The maximum absolute atomic E-state index is 12.9. The lowest BCUT2D eigenvalue weighted by Gasteiger charge is -1.99. The molecule has 2 N–H and O–H groups in total. The van der Waals surface area contributed by atoms with Crippen LogP contribution in [0, 0.1) is 5.82 Å². The molecule has 0 saturated heterocycles. The second-order valence-electron chi connectivity index (χ2n) is 2.97. The van der Waals surface area contributed by atoms with Crippen LogP contribution in [0.3, 0.4) is 0 Å². The van der Waals surface area contributed by atoms with Gasteiger partial charge in [0.1, 0.15) is 5.82 Å². The van der Waals surface area contributed by atoms with Crippen LogP contribution in [0.2, 0.25) is 0 Å². The van der Waals surface area contributed by atoms with E-state index in [4.69, 9.17) is 10.2 Å². The quantitative estimate of drug-likeness (QED) is 0.769. The van der Waals surface area contributed by atoms with Gasteiger partial charge in [-0.15, -0.1) is 0 Å².